The summed E-state index contributed by atoms with van der Waals surface area (Å²) in [7, 11) is 0. The molecule has 5 heteroatoms. The smallest absolute Gasteiger partial charge is 0.303 e. The van der Waals surface area contributed by atoms with Crippen LogP contribution in [0.3, 0.4) is 0 Å². The lowest BCUT2D eigenvalue weighted by Crippen LogP contribution is -2.48. The molecule has 2 N–H and O–H groups in total. The van der Waals surface area contributed by atoms with Gasteiger partial charge in [-0.25, -0.2) is 0 Å². The highest BCUT2D eigenvalue weighted by molar-refractivity contribution is 5.82. The topological polar surface area (TPSA) is 69.6 Å². The van der Waals surface area contributed by atoms with Gasteiger partial charge in [0.1, 0.15) is 0 Å². The van der Waals surface area contributed by atoms with E-state index in [2.05, 4.69) is 5.32 Å². The van der Waals surface area contributed by atoms with Crippen molar-refractivity contribution in [3.63, 3.8) is 0 Å². The predicted octanol–water partition coefficient (Wildman–Crippen LogP) is 0.452. The number of likely N-dealkylation sites (tertiary alicyclic amines) is 1. The summed E-state index contributed by atoms with van der Waals surface area (Å²) in [4.78, 5) is 24.7. The van der Waals surface area contributed by atoms with Crippen LogP contribution in [-0.4, -0.2) is 47.6 Å². The Bertz CT molecular complexity index is 300. The minimum Gasteiger partial charge on any atom is -0.481 e. The fourth-order valence-electron chi connectivity index (χ4n) is 2.79. The molecule has 0 aliphatic carbocycles. The summed E-state index contributed by atoms with van der Waals surface area (Å²) in [6.07, 6.45) is 4.01. The maximum atomic E-state index is 12.1. The third-order valence-corrected chi connectivity index (χ3v) is 3.65. The van der Waals surface area contributed by atoms with Crippen LogP contribution >= 0.6 is 0 Å². The normalized spacial score (nSPS) is 29.3. The first-order valence-electron chi connectivity index (χ1n) is 6.41. The standard InChI is InChI=1S/C12H20N2O3/c15-11(16)7-9-3-2-6-14(8-9)12(17)10-4-1-5-13-10/h9-10,13H,1-8H2,(H,15,16)/t9?,10-/m1/s1. The number of nitrogens with one attached hydrogen (secondary N) is 1. The summed E-state index contributed by atoms with van der Waals surface area (Å²) in [6.45, 7) is 2.32. The molecule has 1 amide bonds. The molecule has 17 heavy (non-hydrogen) atoms. The van der Waals surface area contributed by atoms with Crippen molar-refractivity contribution in [1.29, 1.82) is 0 Å². The number of carbonyl (C=O) groups excluding carboxylic acids is 1. The molecule has 96 valence electrons. The molecule has 0 bridgehead atoms. The summed E-state index contributed by atoms with van der Waals surface area (Å²) < 4.78 is 0. The van der Waals surface area contributed by atoms with E-state index in [0.717, 1.165) is 38.8 Å². The van der Waals surface area contributed by atoms with E-state index in [1.54, 1.807) is 0 Å². The van der Waals surface area contributed by atoms with Crippen molar-refractivity contribution < 1.29 is 14.7 Å². The molecule has 0 spiro atoms. The summed E-state index contributed by atoms with van der Waals surface area (Å²) in [5.41, 5.74) is 0. The fraction of sp³-hybridized carbons (Fsp3) is 0.833. The number of nitrogens with zero attached hydrogens (tertiary/aromatic N) is 1. The predicted molar refractivity (Wildman–Crippen MR) is 62.6 cm³/mol. The van der Waals surface area contributed by atoms with Gasteiger partial charge >= 0.3 is 5.97 Å². The molecule has 2 fully saturated rings. The van der Waals surface area contributed by atoms with Crippen LogP contribution in [0.1, 0.15) is 32.1 Å². The maximum absolute atomic E-state index is 12.1. The van der Waals surface area contributed by atoms with Crippen molar-refractivity contribution in [3.8, 4) is 0 Å². The average molecular weight is 240 g/mol. The number of hydrogen-bond acceptors (Lipinski definition) is 3. The molecule has 0 aromatic rings. The van der Waals surface area contributed by atoms with Crippen molar-refractivity contribution in [3.05, 3.63) is 0 Å². The van der Waals surface area contributed by atoms with Crippen LogP contribution in [0.15, 0.2) is 0 Å². The van der Waals surface area contributed by atoms with E-state index in [1.165, 1.54) is 0 Å². The molecular formula is C12H20N2O3. The average Bonchev–Trinajstić information content (AvgIpc) is 2.81. The van der Waals surface area contributed by atoms with E-state index in [9.17, 15) is 9.59 Å². The number of carbonyl (C=O) groups is 2. The van der Waals surface area contributed by atoms with Crippen LogP contribution in [0.4, 0.5) is 0 Å². The second-order valence-electron chi connectivity index (χ2n) is 5.04. The molecule has 5 nitrogen and oxygen atoms in total. The number of rotatable bonds is 3. The second-order valence-corrected chi connectivity index (χ2v) is 5.04. The van der Waals surface area contributed by atoms with Gasteiger partial charge in [0, 0.05) is 19.5 Å². The minimum absolute atomic E-state index is 0.0291. The zero-order valence-electron chi connectivity index (χ0n) is 10.0. The van der Waals surface area contributed by atoms with Gasteiger partial charge in [-0.1, -0.05) is 0 Å². The van der Waals surface area contributed by atoms with Crippen LogP contribution in [-0.2, 0) is 9.59 Å². The highest BCUT2D eigenvalue weighted by atomic mass is 16.4. The third-order valence-electron chi connectivity index (χ3n) is 3.65. The Balaban J connectivity index is 1.87. The zero-order chi connectivity index (χ0) is 12.3. The molecule has 2 rings (SSSR count). The Labute approximate surface area is 101 Å². The van der Waals surface area contributed by atoms with E-state index >= 15 is 0 Å². The lowest BCUT2D eigenvalue weighted by atomic mass is 9.94. The van der Waals surface area contributed by atoms with Crippen molar-refractivity contribution in [2.75, 3.05) is 19.6 Å². The van der Waals surface area contributed by atoms with Gasteiger partial charge in [-0.2, -0.15) is 0 Å². The fourth-order valence-corrected chi connectivity index (χ4v) is 2.79. The molecule has 0 aromatic carbocycles. The number of aliphatic carboxylic acids is 1. The van der Waals surface area contributed by atoms with Crippen molar-refractivity contribution in [1.82, 2.24) is 10.2 Å². The number of carboxylic acids is 1. The van der Waals surface area contributed by atoms with Crippen molar-refractivity contribution in [2.45, 2.75) is 38.1 Å². The Morgan fingerprint density at radius 3 is 2.76 bits per heavy atom. The van der Waals surface area contributed by atoms with E-state index in [-0.39, 0.29) is 24.3 Å². The Morgan fingerprint density at radius 1 is 1.29 bits per heavy atom. The molecule has 2 heterocycles. The Hall–Kier alpha value is -1.10. The van der Waals surface area contributed by atoms with Gasteiger partial charge < -0.3 is 15.3 Å². The summed E-state index contributed by atoms with van der Waals surface area (Å²) in [5, 5.41) is 12.0. The van der Waals surface area contributed by atoms with Crippen molar-refractivity contribution >= 4 is 11.9 Å². The summed E-state index contributed by atoms with van der Waals surface area (Å²) in [6, 6.07) is -0.0291. The van der Waals surface area contributed by atoms with Crippen LogP contribution in [0.5, 0.6) is 0 Å². The van der Waals surface area contributed by atoms with Crippen LogP contribution < -0.4 is 5.32 Å². The molecule has 0 aromatic heterocycles. The highest BCUT2D eigenvalue weighted by Gasteiger charge is 2.30. The number of piperidine rings is 1. The Morgan fingerprint density at radius 2 is 2.12 bits per heavy atom. The van der Waals surface area contributed by atoms with Gasteiger partial charge in [0.25, 0.3) is 0 Å². The molecule has 2 saturated heterocycles. The number of carboxylic acid groups (broad SMARTS) is 1. The lowest BCUT2D eigenvalue weighted by Gasteiger charge is -2.33. The largest absolute Gasteiger partial charge is 0.481 e. The van der Waals surface area contributed by atoms with Gasteiger partial charge in [0.2, 0.25) is 5.91 Å². The van der Waals surface area contributed by atoms with E-state index < -0.39 is 5.97 Å². The third kappa shape index (κ3) is 3.19. The van der Waals surface area contributed by atoms with E-state index in [1.807, 2.05) is 4.90 Å². The quantitative estimate of drug-likeness (QED) is 0.751. The molecule has 0 saturated carbocycles. The molecule has 1 unspecified atom stereocenters. The monoisotopic (exact) mass is 240 g/mol. The maximum Gasteiger partial charge on any atom is 0.303 e. The first-order valence-corrected chi connectivity index (χ1v) is 6.41. The van der Waals surface area contributed by atoms with E-state index in [0.29, 0.717) is 6.54 Å². The SMILES string of the molecule is O=C(O)CC1CCCN(C(=O)[C@H]2CCCN2)C1. The Kier molecular flexibility index (Phi) is 3.99. The molecule has 2 aliphatic rings. The molecule has 2 atom stereocenters. The van der Waals surface area contributed by atoms with Gasteiger partial charge in [-0.05, 0) is 38.1 Å². The summed E-state index contributed by atoms with van der Waals surface area (Å²) >= 11 is 0. The van der Waals surface area contributed by atoms with Crippen LogP contribution in [0.25, 0.3) is 0 Å². The first-order chi connectivity index (χ1) is 8.16. The van der Waals surface area contributed by atoms with Gasteiger partial charge in [0.15, 0.2) is 0 Å². The second kappa shape index (κ2) is 5.49. The molecule has 0 radical (unpaired) electrons. The minimum atomic E-state index is -0.761. The van der Waals surface area contributed by atoms with Crippen LogP contribution in [0, 0.1) is 5.92 Å². The van der Waals surface area contributed by atoms with Gasteiger partial charge in [-0.15, -0.1) is 0 Å². The van der Waals surface area contributed by atoms with Gasteiger partial charge in [0.05, 0.1) is 6.04 Å². The highest BCUT2D eigenvalue weighted by Crippen LogP contribution is 2.21. The van der Waals surface area contributed by atoms with Crippen LogP contribution in [0.2, 0.25) is 0 Å². The summed E-state index contributed by atoms with van der Waals surface area (Å²) in [5.74, 6) is -0.465. The lowest BCUT2D eigenvalue weighted by molar-refractivity contribution is -0.141. The first kappa shape index (κ1) is 12.4. The number of hydrogen-bond donors (Lipinski definition) is 2. The molecular weight excluding hydrogens is 220 g/mol. The van der Waals surface area contributed by atoms with E-state index in [4.69, 9.17) is 5.11 Å². The zero-order valence-corrected chi connectivity index (χ0v) is 10.0. The molecule has 2 aliphatic heterocycles. The van der Waals surface area contributed by atoms with Crippen molar-refractivity contribution in [2.24, 2.45) is 5.92 Å². The van der Waals surface area contributed by atoms with Gasteiger partial charge in [-0.3, -0.25) is 9.59 Å². The number of amides is 1.